The predicted octanol–water partition coefficient (Wildman–Crippen LogP) is 2.19. The topological polar surface area (TPSA) is 132 Å². The van der Waals surface area contributed by atoms with E-state index in [1.165, 1.54) is 17.5 Å². The average Bonchev–Trinajstić information content (AvgIpc) is 3.70. The molecule has 0 unspecified atom stereocenters. The second-order valence-electron chi connectivity index (χ2n) is 9.86. The fraction of sp³-hybridized carbons (Fsp3) is 0.577. The van der Waals surface area contributed by atoms with Gasteiger partial charge >= 0.3 is 0 Å². The minimum absolute atomic E-state index is 0.0983. The molecule has 0 radical (unpaired) electrons. The van der Waals surface area contributed by atoms with Crippen molar-refractivity contribution in [2.24, 2.45) is 0 Å². The molecule has 204 valence electrons. The smallest absolute Gasteiger partial charge is 0.250 e. The lowest BCUT2D eigenvalue weighted by Gasteiger charge is -2.34. The van der Waals surface area contributed by atoms with Crippen LogP contribution in [0, 0.1) is 6.92 Å². The van der Waals surface area contributed by atoms with Crippen LogP contribution in [0.3, 0.4) is 0 Å². The maximum atomic E-state index is 13.8. The van der Waals surface area contributed by atoms with E-state index < -0.39 is 6.04 Å². The molecule has 0 aromatic carbocycles. The fourth-order valence-corrected chi connectivity index (χ4v) is 5.05. The molecule has 2 amide bonds. The Morgan fingerprint density at radius 1 is 1.16 bits per heavy atom. The number of amides is 2. The highest BCUT2D eigenvalue weighted by molar-refractivity contribution is 5.88. The van der Waals surface area contributed by atoms with Gasteiger partial charge in [-0.1, -0.05) is 19.3 Å². The van der Waals surface area contributed by atoms with Crippen LogP contribution in [-0.4, -0.2) is 87.3 Å². The van der Waals surface area contributed by atoms with Gasteiger partial charge in [-0.2, -0.15) is 4.80 Å². The number of carbonyl (C=O) groups excluding carboxylic acids is 2. The molecule has 0 bridgehead atoms. The zero-order chi connectivity index (χ0) is 26.3. The lowest BCUT2D eigenvalue weighted by atomic mass is 9.95. The SMILES string of the molecule is Cc1ccc(-c2nnn(CC(=O)N(CCN3CCOCC3)[C@@H](C(=O)NC3CCCCC3)c3ccco3)n2)o1. The fourth-order valence-electron chi connectivity index (χ4n) is 5.05. The molecule has 5 rings (SSSR count). The Balaban J connectivity index is 1.36. The monoisotopic (exact) mass is 525 g/mol. The summed E-state index contributed by atoms with van der Waals surface area (Å²) in [5, 5.41) is 15.6. The van der Waals surface area contributed by atoms with Crippen molar-refractivity contribution in [2.75, 3.05) is 39.4 Å². The maximum absolute atomic E-state index is 13.8. The number of aromatic nitrogens is 4. The zero-order valence-corrected chi connectivity index (χ0v) is 21.8. The Bertz CT molecular complexity index is 1180. The molecular formula is C26H35N7O5. The molecule has 0 spiro atoms. The predicted molar refractivity (Wildman–Crippen MR) is 136 cm³/mol. The molecule has 4 heterocycles. The summed E-state index contributed by atoms with van der Waals surface area (Å²) in [5.41, 5.74) is 0. The molecule has 1 N–H and O–H groups in total. The number of carbonyl (C=O) groups is 2. The van der Waals surface area contributed by atoms with Crippen LogP contribution in [0.5, 0.6) is 0 Å². The molecular weight excluding hydrogens is 490 g/mol. The number of hydrogen-bond acceptors (Lipinski definition) is 9. The first-order chi connectivity index (χ1) is 18.6. The lowest BCUT2D eigenvalue weighted by Crippen LogP contribution is -2.50. The standard InChI is InChI=1S/C26H35N7O5/c1-19-9-10-22(38-19)25-28-30-33(29-25)18-23(34)32(12-11-31-13-16-36-17-14-31)24(21-8-5-15-37-21)26(35)27-20-6-3-2-4-7-20/h5,8-10,15,20,24H,2-4,6-7,11-14,16-18H2,1H3,(H,27,35)/t24-/m1/s1. The summed E-state index contributed by atoms with van der Waals surface area (Å²) in [6.07, 6.45) is 6.77. The van der Waals surface area contributed by atoms with Gasteiger partial charge in [0.25, 0.3) is 5.91 Å². The Morgan fingerprint density at radius 2 is 1.97 bits per heavy atom. The third kappa shape index (κ3) is 6.48. The molecule has 1 saturated heterocycles. The summed E-state index contributed by atoms with van der Waals surface area (Å²) in [7, 11) is 0. The number of aryl methyl sites for hydroxylation is 1. The Hall–Kier alpha value is -3.51. The van der Waals surface area contributed by atoms with Crippen molar-refractivity contribution in [1.82, 2.24) is 35.3 Å². The van der Waals surface area contributed by atoms with E-state index >= 15 is 0 Å². The second kappa shape index (κ2) is 12.4. The molecule has 1 saturated carbocycles. The molecule has 38 heavy (non-hydrogen) atoms. The summed E-state index contributed by atoms with van der Waals surface area (Å²) < 4.78 is 16.7. The van der Waals surface area contributed by atoms with Crippen LogP contribution in [0.2, 0.25) is 0 Å². The molecule has 3 aromatic heterocycles. The van der Waals surface area contributed by atoms with Gasteiger partial charge in [0, 0.05) is 32.2 Å². The van der Waals surface area contributed by atoms with Crippen LogP contribution >= 0.6 is 0 Å². The van der Waals surface area contributed by atoms with Gasteiger partial charge in [0.05, 0.1) is 19.5 Å². The summed E-state index contributed by atoms with van der Waals surface area (Å²) in [4.78, 5) is 32.5. The minimum atomic E-state index is -0.906. The van der Waals surface area contributed by atoms with E-state index in [4.69, 9.17) is 13.6 Å². The summed E-state index contributed by atoms with van der Waals surface area (Å²) in [6.45, 7) is 5.44. The highest BCUT2D eigenvalue weighted by Crippen LogP contribution is 2.25. The molecule has 12 nitrogen and oxygen atoms in total. The van der Waals surface area contributed by atoms with Gasteiger partial charge < -0.3 is 23.8 Å². The van der Waals surface area contributed by atoms with Gasteiger partial charge in [0.15, 0.2) is 11.8 Å². The highest BCUT2D eigenvalue weighted by Gasteiger charge is 2.35. The third-order valence-corrected chi connectivity index (χ3v) is 7.10. The summed E-state index contributed by atoms with van der Waals surface area (Å²) in [6, 6.07) is 6.24. The van der Waals surface area contributed by atoms with Crippen LogP contribution in [0.4, 0.5) is 0 Å². The van der Waals surface area contributed by atoms with Crippen molar-refractivity contribution < 1.29 is 23.2 Å². The zero-order valence-electron chi connectivity index (χ0n) is 21.8. The highest BCUT2D eigenvalue weighted by atomic mass is 16.5. The second-order valence-corrected chi connectivity index (χ2v) is 9.86. The number of rotatable bonds is 10. The van der Waals surface area contributed by atoms with E-state index in [0.29, 0.717) is 43.6 Å². The van der Waals surface area contributed by atoms with Gasteiger partial charge in [-0.05, 0) is 49.2 Å². The molecule has 3 aromatic rings. The van der Waals surface area contributed by atoms with Crippen LogP contribution in [-0.2, 0) is 20.9 Å². The van der Waals surface area contributed by atoms with Gasteiger partial charge in [-0.25, -0.2) is 0 Å². The van der Waals surface area contributed by atoms with E-state index in [-0.39, 0.29) is 24.4 Å². The van der Waals surface area contributed by atoms with Crippen molar-refractivity contribution in [1.29, 1.82) is 0 Å². The number of hydrogen-bond donors (Lipinski definition) is 1. The van der Waals surface area contributed by atoms with E-state index in [1.54, 1.807) is 23.1 Å². The minimum Gasteiger partial charge on any atom is -0.467 e. The number of furan rings is 2. The number of nitrogens with zero attached hydrogens (tertiary/aromatic N) is 6. The van der Waals surface area contributed by atoms with Crippen LogP contribution < -0.4 is 5.32 Å². The van der Waals surface area contributed by atoms with Gasteiger partial charge in [-0.15, -0.1) is 10.2 Å². The van der Waals surface area contributed by atoms with Gasteiger partial charge in [0.2, 0.25) is 11.7 Å². The van der Waals surface area contributed by atoms with Crippen molar-refractivity contribution in [2.45, 2.75) is 57.7 Å². The number of tetrazole rings is 1. The van der Waals surface area contributed by atoms with Gasteiger partial charge in [-0.3, -0.25) is 14.5 Å². The largest absolute Gasteiger partial charge is 0.467 e. The number of ether oxygens (including phenoxy) is 1. The Kier molecular flexibility index (Phi) is 8.49. The van der Waals surface area contributed by atoms with E-state index in [1.807, 2.05) is 13.0 Å². The Labute approximate surface area is 221 Å². The van der Waals surface area contributed by atoms with Crippen molar-refractivity contribution in [3.8, 4) is 11.6 Å². The first-order valence-electron chi connectivity index (χ1n) is 13.3. The van der Waals surface area contributed by atoms with Crippen molar-refractivity contribution in [3.63, 3.8) is 0 Å². The van der Waals surface area contributed by atoms with Crippen LogP contribution in [0.1, 0.15) is 49.7 Å². The summed E-state index contributed by atoms with van der Waals surface area (Å²) in [5.74, 6) is 1.38. The Morgan fingerprint density at radius 3 is 2.68 bits per heavy atom. The first-order valence-corrected chi connectivity index (χ1v) is 13.3. The summed E-state index contributed by atoms with van der Waals surface area (Å²) >= 11 is 0. The lowest BCUT2D eigenvalue weighted by molar-refractivity contribution is -0.143. The van der Waals surface area contributed by atoms with E-state index in [2.05, 4.69) is 25.6 Å². The van der Waals surface area contributed by atoms with Crippen molar-refractivity contribution in [3.05, 3.63) is 42.0 Å². The molecule has 2 aliphatic rings. The molecule has 1 atom stereocenters. The maximum Gasteiger partial charge on any atom is 0.250 e. The number of morpholine rings is 1. The van der Waals surface area contributed by atoms with E-state index in [0.717, 1.165) is 44.5 Å². The van der Waals surface area contributed by atoms with Crippen molar-refractivity contribution >= 4 is 11.8 Å². The molecule has 1 aliphatic heterocycles. The van der Waals surface area contributed by atoms with Gasteiger partial charge in [0.1, 0.15) is 18.1 Å². The molecule has 1 aliphatic carbocycles. The first kappa shape index (κ1) is 26.1. The third-order valence-electron chi connectivity index (χ3n) is 7.10. The van der Waals surface area contributed by atoms with Crippen LogP contribution in [0.25, 0.3) is 11.6 Å². The number of nitrogens with one attached hydrogen (secondary N) is 1. The molecule has 12 heteroatoms. The van der Waals surface area contributed by atoms with Crippen LogP contribution in [0.15, 0.2) is 39.4 Å². The average molecular weight is 526 g/mol. The quantitative estimate of drug-likeness (QED) is 0.423. The van der Waals surface area contributed by atoms with E-state index in [9.17, 15) is 9.59 Å². The normalized spacial score (nSPS) is 17.8. The molecule has 2 fully saturated rings.